The van der Waals surface area contributed by atoms with Gasteiger partial charge in [0.25, 0.3) is 0 Å². The molecule has 106 valence electrons. The van der Waals surface area contributed by atoms with E-state index in [4.69, 9.17) is 14.7 Å². The molecule has 1 spiro atoms. The molecule has 0 saturated carbocycles. The van der Waals surface area contributed by atoms with Crippen LogP contribution in [0.4, 0.5) is 4.39 Å². The molecule has 0 unspecified atom stereocenters. The van der Waals surface area contributed by atoms with Crippen LogP contribution < -0.4 is 0 Å². The molecule has 0 atom stereocenters. The molecule has 0 amide bonds. The largest absolute Gasteiger partial charge is 0.347 e. The standard InChI is InChI=1S/C15H17FN2O2/c16-14-2-1-12(9-13(14)10-17)11-18-5-3-15(4-6-18)19-7-8-20-15/h1-2,9H,3-8,11H2. The predicted octanol–water partition coefficient (Wildman–Crippen LogP) is 2.04. The first-order chi connectivity index (χ1) is 9.71. The molecule has 20 heavy (non-hydrogen) atoms. The van der Waals surface area contributed by atoms with E-state index in [2.05, 4.69) is 4.90 Å². The van der Waals surface area contributed by atoms with Crippen molar-refractivity contribution in [1.29, 1.82) is 5.26 Å². The molecule has 2 aliphatic rings. The number of nitrogens with zero attached hydrogens (tertiary/aromatic N) is 2. The normalized spacial score (nSPS) is 22.0. The van der Waals surface area contributed by atoms with Crippen molar-refractivity contribution < 1.29 is 13.9 Å². The Morgan fingerprint density at radius 3 is 2.60 bits per heavy atom. The van der Waals surface area contributed by atoms with Gasteiger partial charge in [-0.15, -0.1) is 0 Å². The van der Waals surface area contributed by atoms with Crippen molar-refractivity contribution in [3.8, 4) is 6.07 Å². The predicted molar refractivity (Wildman–Crippen MR) is 70.3 cm³/mol. The fraction of sp³-hybridized carbons (Fsp3) is 0.533. The highest BCUT2D eigenvalue weighted by Crippen LogP contribution is 2.31. The van der Waals surface area contributed by atoms with Gasteiger partial charge in [0.2, 0.25) is 0 Å². The van der Waals surface area contributed by atoms with Crippen molar-refractivity contribution in [3.05, 3.63) is 35.1 Å². The van der Waals surface area contributed by atoms with Gasteiger partial charge in [0.05, 0.1) is 18.8 Å². The Labute approximate surface area is 117 Å². The summed E-state index contributed by atoms with van der Waals surface area (Å²) >= 11 is 0. The molecule has 0 bridgehead atoms. The minimum Gasteiger partial charge on any atom is -0.347 e. The minimum atomic E-state index is -0.457. The van der Waals surface area contributed by atoms with Crippen LogP contribution in [-0.4, -0.2) is 37.0 Å². The fourth-order valence-corrected chi connectivity index (χ4v) is 2.85. The zero-order valence-electron chi connectivity index (χ0n) is 11.3. The van der Waals surface area contributed by atoms with Crippen molar-refractivity contribution >= 4 is 0 Å². The van der Waals surface area contributed by atoms with Crippen molar-refractivity contribution in [2.24, 2.45) is 0 Å². The summed E-state index contributed by atoms with van der Waals surface area (Å²) in [6.07, 6.45) is 1.72. The molecular weight excluding hydrogens is 259 g/mol. The van der Waals surface area contributed by atoms with E-state index in [0.29, 0.717) is 13.2 Å². The third-order valence-electron chi connectivity index (χ3n) is 3.99. The van der Waals surface area contributed by atoms with Gasteiger partial charge >= 0.3 is 0 Å². The molecule has 5 heteroatoms. The average Bonchev–Trinajstić information content (AvgIpc) is 2.92. The first-order valence-electron chi connectivity index (χ1n) is 6.90. The number of ether oxygens (including phenoxy) is 2. The Kier molecular flexibility index (Phi) is 3.70. The molecule has 3 rings (SSSR count). The summed E-state index contributed by atoms with van der Waals surface area (Å²) in [6.45, 7) is 3.87. The lowest BCUT2D eigenvalue weighted by Crippen LogP contribution is -2.44. The lowest BCUT2D eigenvalue weighted by Gasteiger charge is -2.37. The number of benzene rings is 1. The highest BCUT2D eigenvalue weighted by molar-refractivity contribution is 5.34. The number of likely N-dealkylation sites (tertiary alicyclic amines) is 1. The van der Waals surface area contributed by atoms with Crippen molar-refractivity contribution in [2.75, 3.05) is 26.3 Å². The zero-order chi connectivity index (χ0) is 14.0. The molecule has 4 nitrogen and oxygen atoms in total. The molecule has 2 heterocycles. The third kappa shape index (κ3) is 2.68. The van der Waals surface area contributed by atoms with E-state index in [1.807, 2.05) is 6.07 Å². The van der Waals surface area contributed by atoms with E-state index in [9.17, 15) is 4.39 Å². The topological polar surface area (TPSA) is 45.5 Å². The molecular formula is C15H17FN2O2. The van der Waals surface area contributed by atoms with E-state index in [0.717, 1.165) is 38.0 Å². The quantitative estimate of drug-likeness (QED) is 0.829. The van der Waals surface area contributed by atoms with E-state index in [1.54, 1.807) is 12.1 Å². The zero-order valence-corrected chi connectivity index (χ0v) is 11.3. The summed E-state index contributed by atoms with van der Waals surface area (Å²) in [5, 5.41) is 8.85. The van der Waals surface area contributed by atoms with E-state index >= 15 is 0 Å². The molecule has 0 aromatic heterocycles. The Balaban J connectivity index is 1.61. The molecule has 1 aromatic carbocycles. The number of hydrogen-bond donors (Lipinski definition) is 0. The summed E-state index contributed by atoms with van der Waals surface area (Å²) < 4.78 is 24.7. The molecule has 2 saturated heterocycles. The maximum atomic E-state index is 13.3. The van der Waals surface area contributed by atoms with Crippen LogP contribution in [0.3, 0.4) is 0 Å². The highest BCUT2D eigenvalue weighted by Gasteiger charge is 2.39. The van der Waals surface area contributed by atoms with Gasteiger partial charge in [0.15, 0.2) is 5.79 Å². The SMILES string of the molecule is N#Cc1cc(CN2CCC3(CC2)OCCO3)ccc1F. The van der Waals surface area contributed by atoms with Gasteiger partial charge < -0.3 is 9.47 Å². The first kappa shape index (κ1) is 13.5. The molecule has 2 fully saturated rings. The molecule has 0 aliphatic carbocycles. The van der Waals surface area contributed by atoms with Crippen LogP contribution in [0.5, 0.6) is 0 Å². The Bertz CT molecular complexity index is 525. The van der Waals surface area contributed by atoms with Crippen LogP contribution >= 0.6 is 0 Å². The van der Waals surface area contributed by atoms with Crippen LogP contribution in [0, 0.1) is 17.1 Å². The minimum absolute atomic E-state index is 0.110. The number of nitriles is 1. The Morgan fingerprint density at radius 1 is 1.25 bits per heavy atom. The van der Waals surface area contributed by atoms with Gasteiger partial charge in [-0.3, -0.25) is 4.90 Å². The maximum absolute atomic E-state index is 13.3. The summed E-state index contributed by atoms with van der Waals surface area (Å²) in [7, 11) is 0. The fourth-order valence-electron chi connectivity index (χ4n) is 2.85. The second-order valence-corrected chi connectivity index (χ2v) is 5.31. The number of hydrogen-bond acceptors (Lipinski definition) is 4. The smallest absolute Gasteiger partial charge is 0.170 e. The van der Waals surface area contributed by atoms with Crippen molar-refractivity contribution in [1.82, 2.24) is 4.90 Å². The van der Waals surface area contributed by atoms with Crippen LogP contribution in [0.15, 0.2) is 18.2 Å². The van der Waals surface area contributed by atoms with E-state index in [-0.39, 0.29) is 11.4 Å². The summed E-state index contributed by atoms with van der Waals surface area (Å²) in [4.78, 5) is 2.28. The van der Waals surface area contributed by atoms with Gasteiger partial charge in [0, 0.05) is 32.5 Å². The van der Waals surface area contributed by atoms with Gasteiger partial charge in [0.1, 0.15) is 11.9 Å². The Morgan fingerprint density at radius 2 is 1.95 bits per heavy atom. The van der Waals surface area contributed by atoms with Crippen LogP contribution in [-0.2, 0) is 16.0 Å². The summed E-state index contributed by atoms with van der Waals surface area (Å²) in [5.41, 5.74) is 1.07. The van der Waals surface area contributed by atoms with Gasteiger partial charge in [-0.1, -0.05) is 6.07 Å². The second-order valence-electron chi connectivity index (χ2n) is 5.31. The monoisotopic (exact) mass is 276 g/mol. The number of rotatable bonds is 2. The van der Waals surface area contributed by atoms with Crippen molar-refractivity contribution in [3.63, 3.8) is 0 Å². The van der Waals surface area contributed by atoms with Crippen molar-refractivity contribution in [2.45, 2.75) is 25.2 Å². The number of halogens is 1. The molecule has 0 radical (unpaired) electrons. The Hall–Kier alpha value is -1.48. The van der Waals surface area contributed by atoms with Gasteiger partial charge in [-0.2, -0.15) is 5.26 Å². The van der Waals surface area contributed by atoms with Gasteiger partial charge in [-0.25, -0.2) is 4.39 Å². The van der Waals surface area contributed by atoms with Crippen LogP contribution in [0.1, 0.15) is 24.0 Å². The third-order valence-corrected chi connectivity index (χ3v) is 3.99. The maximum Gasteiger partial charge on any atom is 0.170 e. The van der Waals surface area contributed by atoms with Crippen LogP contribution in [0.25, 0.3) is 0 Å². The summed E-state index contributed by atoms with van der Waals surface area (Å²) in [6, 6.07) is 6.61. The van der Waals surface area contributed by atoms with E-state index in [1.165, 1.54) is 6.07 Å². The molecule has 2 aliphatic heterocycles. The molecule has 1 aromatic rings. The summed E-state index contributed by atoms with van der Waals surface area (Å²) in [5.74, 6) is -0.821. The first-order valence-corrected chi connectivity index (χ1v) is 6.90. The lowest BCUT2D eigenvalue weighted by atomic mass is 10.0. The van der Waals surface area contributed by atoms with Crippen LogP contribution in [0.2, 0.25) is 0 Å². The van der Waals surface area contributed by atoms with Gasteiger partial charge in [-0.05, 0) is 17.7 Å². The average molecular weight is 276 g/mol. The second kappa shape index (κ2) is 5.49. The highest BCUT2D eigenvalue weighted by atomic mass is 19.1. The number of piperidine rings is 1. The lowest BCUT2D eigenvalue weighted by molar-refractivity contribution is -0.185. The molecule has 0 N–H and O–H groups in total. The van der Waals surface area contributed by atoms with E-state index < -0.39 is 5.82 Å².